The van der Waals surface area contributed by atoms with E-state index in [1.807, 2.05) is 50.2 Å². The summed E-state index contributed by atoms with van der Waals surface area (Å²) in [5, 5.41) is 0. The fraction of sp³-hybridized carbons (Fsp3) is 0.200. The fourth-order valence-corrected chi connectivity index (χ4v) is 4.13. The zero-order chi connectivity index (χ0) is 18.7. The molecule has 26 heavy (non-hydrogen) atoms. The SMILES string of the molecule is Cc1cc(CNS(=O)(=O)Cc2ccc(F)cc2)c(C)n1-c1ccccc1. The Kier molecular flexibility index (Phi) is 5.25. The van der Waals surface area contributed by atoms with Crippen LogP contribution in [0.2, 0.25) is 0 Å². The lowest BCUT2D eigenvalue weighted by Crippen LogP contribution is -2.25. The molecule has 0 aliphatic rings. The molecular formula is C20H21FN2O2S. The average molecular weight is 372 g/mol. The molecule has 0 bridgehead atoms. The van der Waals surface area contributed by atoms with Crippen molar-refractivity contribution in [1.82, 2.24) is 9.29 Å². The molecule has 0 radical (unpaired) electrons. The van der Waals surface area contributed by atoms with Gasteiger partial charge in [-0.05, 0) is 55.3 Å². The summed E-state index contributed by atoms with van der Waals surface area (Å²) < 4.78 is 42.3. The van der Waals surface area contributed by atoms with Gasteiger partial charge in [-0.2, -0.15) is 0 Å². The number of sulfonamides is 1. The van der Waals surface area contributed by atoms with Crippen LogP contribution in [0.15, 0.2) is 60.7 Å². The molecule has 0 spiro atoms. The van der Waals surface area contributed by atoms with Gasteiger partial charge in [-0.25, -0.2) is 17.5 Å². The zero-order valence-electron chi connectivity index (χ0n) is 14.7. The highest BCUT2D eigenvalue weighted by molar-refractivity contribution is 7.88. The number of hydrogen-bond acceptors (Lipinski definition) is 2. The average Bonchev–Trinajstić information content (AvgIpc) is 2.90. The molecule has 1 N–H and O–H groups in total. The number of hydrogen-bond donors (Lipinski definition) is 1. The van der Waals surface area contributed by atoms with E-state index in [0.717, 1.165) is 22.6 Å². The Morgan fingerprint density at radius 2 is 1.65 bits per heavy atom. The molecule has 6 heteroatoms. The molecule has 136 valence electrons. The molecule has 0 aliphatic carbocycles. The van der Waals surface area contributed by atoms with Crippen LogP contribution >= 0.6 is 0 Å². The normalized spacial score (nSPS) is 11.7. The van der Waals surface area contributed by atoms with Gasteiger partial charge in [0.15, 0.2) is 0 Å². The monoisotopic (exact) mass is 372 g/mol. The molecule has 0 saturated carbocycles. The number of rotatable bonds is 6. The Morgan fingerprint density at radius 3 is 2.31 bits per heavy atom. The molecular weight excluding hydrogens is 351 g/mol. The minimum absolute atomic E-state index is 0.176. The van der Waals surface area contributed by atoms with Gasteiger partial charge in [-0.15, -0.1) is 0 Å². The quantitative estimate of drug-likeness (QED) is 0.714. The van der Waals surface area contributed by atoms with Crippen LogP contribution in [0.4, 0.5) is 4.39 Å². The summed E-state index contributed by atoms with van der Waals surface area (Å²) in [5.41, 5.74) is 4.56. The van der Waals surface area contributed by atoms with Gasteiger partial charge in [0.2, 0.25) is 10.0 Å². The molecule has 1 aromatic heterocycles. The lowest BCUT2D eigenvalue weighted by molar-refractivity contribution is 0.580. The van der Waals surface area contributed by atoms with Crippen molar-refractivity contribution in [3.05, 3.63) is 89.0 Å². The number of nitrogens with zero attached hydrogens (tertiary/aromatic N) is 1. The van der Waals surface area contributed by atoms with E-state index in [2.05, 4.69) is 9.29 Å². The molecule has 0 amide bonds. The first-order valence-corrected chi connectivity index (χ1v) is 9.96. The van der Waals surface area contributed by atoms with Crippen LogP contribution in [-0.4, -0.2) is 13.0 Å². The summed E-state index contributed by atoms with van der Waals surface area (Å²) in [6.07, 6.45) is 0. The second kappa shape index (κ2) is 7.43. The molecule has 0 aliphatic heterocycles. The van der Waals surface area contributed by atoms with Crippen molar-refractivity contribution in [3.63, 3.8) is 0 Å². The van der Waals surface area contributed by atoms with Gasteiger partial charge in [0.1, 0.15) is 5.82 Å². The van der Waals surface area contributed by atoms with E-state index in [4.69, 9.17) is 0 Å². The van der Waals surface area contributed by atoms with Gasteiger partial charge in [-0.3, -0.25) is 0 Å². The van der Waals surface area contributed by atoms with Crippen molar-refractivity contribution in [3.8, 4) is 5.69 Å². The van der Waals surface area contributed by atoms with Crippen LogP contribution in [0, 0.1) is 19.7 Å². The molecule has 0 fully saturated rings. The van der Waals surface area contributed by atoms with E-state index in [1.165, 1.54) is 24.3 Å². The highest BCUT2D eigenvalue weighted by atomic mass is 32.2. The lowest BCUT2D eigenvalue weighted by Gasteiger charge is -2.10. The van der Waals surface area contributed by atoms with Crippen LogP contribution in [0.3, 0.4) is 0 Å². The molecule has 4 nitrogen and oxygen atoms in total. The Morgan fingerprint density at radius 1 is 1.00 bits per heavy atom. The van der Waals surface area contributed by atoms with Gasteiger partial charge in [0, 0.05) is 23.6 Å². The van der Waals surface area contributed by atoms with Gasteiger partial charge < -0.3 is 4.57 Å². The third-order valence-corrected chi connectivity index (χ3v) is 5.60. The minimum Gasteiger partial charge on any atom is -0.318 e. The lowest BCUT2D eigenvalue weighted by atomic mass is 10.2. The summed E-state index contributed by atoms with van der Waals surface area (Å²) in [5.74, 6) is -0.558. The first-order chi connectivity index (χ1) is 12.4. The molecule has 3 rings (SSSR count). The number of benzene rings is 2. The third kappa shape index (κ3) is 4.20. The second-order valence-electron chi connectivity index (χ2n) is 6.27. The van der Waals surface area contributed by atoms with Crippen molar-refractivity contribution in [1.29, 1.82) is 0 Å². The van der Waals surface area contributed by atoms with Crippen molar-refractivity contribution in [2.75, 3.05) is 0 Å². The Hall–Kier alpha value is -2.44. The minimum atomic E-state index is -3.51. The largest absolute Gasteiger partial charge is 0.318 e. The molecule has 0 unspecified atom stereocenters. The third-order valence-electron chi connectivity index (χ3n) is 4.30. The predicted molar refractivity (Wildman–Crippen MR) is 101 cm³/mol. The number of nitrogens with one attached hydrogen (secondary N) is 1. The number of halogens is 1. The predicted octanol–water partition coefficient (Wildman–Crippen LogP) is 3.85. The topological polar surface area (TPSA) is 51.1 Å². The van der Waals surface area contributed by atoms with Crippen molar-refractivity contribution < 1.29 is 12.8 Å². The molecule has 2 aromatic carbocycles. The van der Waals surface area contributed by atoms with Crippen LogP contribution in [-0.2, 0) is 22.3 Å². The summed E-state index contributed by atoms with van der Waals surface area (Å²) in [6, 6.07) is 17.4. The van der Waals surface area contributed by atoms with E-state index < -0.39 is 10.0 Å². The van der Waals surface area contributed by atoms with E-state index >= 15 is 0 Å². The molecule has 1 heterocycles. The number of aryl methyl sites for hydroxylation is 1. The first kappa shape index (κ1) is 18.4. The van der Waals surface area contributed by atoms with Crippen LogP contribution in [0.25, 0.3) is 5.69 Å². The highest BCUT2D eigenvalue weighted by Crippen LogP contribution is 2.21. The van der Waals surface area contributed by atoms with Crippen LogP contribution in [0.1, 0.15) is 22.5 Å². The van der Waals surface area contributed by atoms with Gasteiger partial charge in [-0.1, -0.05) is 30.3 Å². The maximum atomic E-state index is 12.9. The molecule has 0 saturated heterocycles. The van der Waals surface area contributed by atoms with E-state index in [0.29, 0.717) is 5.56 Å². The first-order valence-electron chi connectivity index (χ1n) is 8.31. The fourth-order valence-electron chi connectivity index (χ4n) is 3.02. The Bertz CT molecular complexity index is 994. The number of aromatic nitrogens is 1. The van der Waals surface area contributed by atoms with E-state index in [-0.39, 0.29) is 18.1 Å². The molecule has 3 aromatic rings. The Balaban J connectivity index is 1.74. The smallest absolute Gasteiger partial charge is 0.216 e. The number of para-hydroxylation sites is 1. The summed E-state index contributed by atoms with van der Waals surface area (Å²) in [6.45, 7) is 4.19. The van der Waals surface area contributed by atoms with E-state index in [9.17, 15) is 12.8 Å². The van der Waals surface area contributed by atoms with Crippen molar-refractivity contribution in [2.45, 2.75) is 26.1 Å². The zero-order valence-corrected chi connectivity index (χ0v) is 15.6. The maximum absolute atomic E-state index is 12.9. The van der Waals surface area contributed by atoms with Gasteiger partial charge >= 0.3 is 0 Å². The van der Waals surface area contributed by atoms with Gasteiger partial charge in [0.05, 0.1) is 5.75 Å². The van der Waals surface area contributed by atoms with Crippen LogP contribution < -0.4 is 4.72 Å². The molecule has 0 atom stereocenters. The van der Waals surface area contributed by atoms with Crippen molar-refractivity contribution >= 4 is 10.0 Å². The van der Waals surface area contributed by atoms with Crippen molar-refractivity contribution in [2.24, 2.45) is 0 Å². The maximum Gasteiger partial charge on any atom is 0.216 e. The second-order valence-corrected chi connectivity index (χ2v) is 8.08. The summed E-state index contributed by atoms with van der Waals surface area (Å²) >= 11 is 0. The van der Waals surface area contributed by atoms with Crippen LogP contribution in [0.5, 0.6) is 0 Å². The van der Waals surface area contributed by atoms with Gasteiger partial charge in [0.25, 0.3) is 0 Å². The summed E-state index contributed by atoms with van der Waals surface area (Å²) in [4.78, 5) is 0. The van der Waals surface area contributed by atoms with E-state index in [1.54, 1.807) is 0 Å². The Labute approximate surface area is 153 Å². The summed E-state index contributed by atoms with van der Waals surface area (Å²) in [7, 11) is -3.51. The standard InChI is InChI=1S/C20H21FN2O2S/c1-15-12-18(16(2)23(15)20-6-4-3-5-7-20)13-22-26(24,25)14-17-8-10-19(21)11-9-17/h3-12,22H,13-14H2,1-2H3. The highest BCUT2D eigenvalue weighted by Gasteiger charge is 2.15.